The van der Waals surface area contributed by atoms with Crippen molar-refractivity contribution in [3.8, 4) is 11.4 Å². The van der Waals surface area contributed by atoms with Crippen LogP contribution in [0.2, 0.25) is 0 Å². The van der Waals surface area contributed by atoms with E-state index in [1.165, 1.54) is 0 Å². The highest BCUT2D eigenvalue weighted by Gasteiger charge is 2.12. The van der Waals surface area contributed by atoms with Crippen LogP contribution in [-0.2, 0) is 4.79 Å². The number of carbonyl (C=O) groups excluding carboxylic acids is 1. The summed E-state index contributed by atoms with van der Waals surface area (Å²) in [6.07, 6.45) is 2.60. The Morgan fingerprint density at radius 2 is 1.90 bits per heavy atom. The van der Waals surface area contributed by atoms with Gasteiger partial charge in [-0.1, -0.05) is 24.3 Å². The summed E-state index contributed by atoms with van der Waals surface area (Å²) in [6, 6.07) is 13.7. The van der Waals surface area contributed by atoms with Crippen molar-refractivity contribution in [3.05, 3.63) is 48.7 Å². The minimum absolute atomic E-state index is 0.662. The van der Waals surface area contributed by atoms with Gasteiger partial charge in [0.05, 0.1) is 11.2 Å². The monoisotopic (exact) mass is 276 g/mol. The molecule has 4 rings (SSSR count). The number of imidazole rings is 1. The van der Waals surface area contributed by atoms with E-state index in [1.807, 2.05) is 42.6 Å². The van der Waals surface area contributed by atoms with Crippen LogP contribution >= 0.6 is 0 Å². The third-order valence-electron chi connectivity index (χ3n) is 3.57. The first kappa shape index (κ1) is 11.7. The lowest BCUT2D eigenvalue weighted by atomic mass is 10.2. The highest BCUT2D eigenvalue weighted by Crippen LogP contribution is 2.30. The van der Waals surface area contributed by atoms with Gasteiger partial charge in [0.2, 0.25) is 6.41 Å². The van der Waals surface area contributed by atoms with E-state index >= 15 is 0 Å². The molecule has 0 aliphatic heterocycles. The first-order chi connectivity index (χ1) is 10.4. The standard InChI is InChI=1S/C16H12N4O/c21-9-18-13-6-3-7-14-15(13)20-16(19-14)11-8-17-12-5-2-1-4-10(11)12/h1-9,17H,(H,18,21)(H,19,20). The van der Waals surface area contributed by atoms with Gasteiger partial charge in [0.1, 0.15) is 11.3 Å². The molecule has 5 nitrogen and oxygen atoms in total. The van der Waals surface area contributed by atoms with Crippen molar-refractivity contribution in [1.29, 1.82) is 0 Å². The first-order valence-corrected chi connectivity index (χ1v) is 6.62. The number of H-pyrrole nitrogens is 2. The van der Waals surface area contributed by atoms with Gasteiger partial charge in [0.15, 0.2) is 0 Å². The third kappa shape index (κ3) is 1.79. The normalized spacial score (nSPS) is 11.0. The number of rotatable bonds is 3. The fourth-order valence-corrected chi connectivity index (χ4v) is 2.61. The zero-order valence-electron chi connectivity index (χ0n) is 11.1. The van der Waals surface area contributed by atoms with Crippen LogP contribution in [0, 0.1) is 0 Å². The molecule has 3 N–H and O–H groups in total. The lowest BCUT2D eigenvalue weighted by molar-refractivity contribution is -0.105. The topological polar surface area (TPSA) is 73.6 Å². The number of fused-ring (bicyclic) bond motifs is 2. The molecule has 0 bridgehead atoms. The third-order valence-corrected chi connectivity index (χ3v) is 3.57. The molecule has 0 fully saturated rings. The van der Waals surface area contributed by atoms with E-state index in [1.54, 1.807) is 0 Å². The van der Waals surface area contributed by atoms with E-state index in [0.717, 1.165) is 33.3 Å². The largest absolute Gasteiger partial charge is 0.360 e. The fourth-order valence-electron chi connectivity index (χ4n) is 2.61. The van der Waals surface area contributed by atoms with Gasteiger partial charge in [-0.05, 0) is 18.2 Å². The van der Waals surface area contributed by atoms with Crippen molar-refractivity contribution in [2.75, 3.05) is 5.32 Å². The van der Waals surface area contributed by atoms with Gasteiger partial charge in [-0.15, -0.1) is 0 Å². The van der Waals surface area contributed by atoms with Gasteiger partial charge in [-0.2, -0.15) is 0 Å². The average molecular weight is 276 g/mol. The molecule has 0 aliphatic rings. The summed E-state index contributed by atoms with van der Waals surface area (Å²) < 4.78 is 0. The molecule has 102 valence electrons. The summed E-state index contributed by atoms with van der Waals surface area (Å²) in [5, 5.41) is 3.79. The average Bonchev–Trinajstić information content (AvgIpc) is 3.11. The molecule has 21 heavy (non-hydrogen) atoms. The minimum atomic E-state index is 0.662. The van der Waals surface area contributed by atoms with Crippen molar-refractivity contribution >= 4 is 34.0 Å². The molecule has 2 aromatic heterocycles. The van der Waals surface area contributed by atoms with Crippen LogP contribution < -0.4 is 5.32 Å². The zero-order chi connectivity index (χ0) is 14.2. The lowest BCUT2D eigenvalue weighted by Crippen LogP contribution is -1.93. The number of hydrogen-bond acceptors (Lipinski definition) is 2. The van der Waals surface area contributed by atoms with Crippen LogP contribution in [0.1, 0.15) is 0 Å². The van der Waals surface area contributed by atoms with E-state index in [2.05, 4.69) is 26.3 Å². The van der Waals surface area contributed by atoms with Gasteiger partial charge in [0.25, 0.3) is 0 Å². The van der Waals surface area contributed by atoms with Gasteiger partial charge in [-0.25, -0.2) is 4.98 Å². The summed E-state index contributed by atoms with van der Waals surface area (Å²) in [5.41, 5.74) is 4.43. The second-order valence-corrected chi connectivity index (χ2v) is 4.80. The van der Waals surface area contributed by atoms with E-state index in [-0.39, 0.29) is 0 Å². The zero-order valence-corrected chi connectivity index (χ0v) is 11.1. The Morgan fingerprint density at radius 3 is 2.81 bits per heavy atom. The van der Waals surface area contributed by atoms with E-state index in [9.17, 15) is 4.79 Å². The van der Waals surface area contributed by atoms with Crippen LogP contribution in [0.25, 0.3) is 33.3 Å². The molecule has 0 saturated heterocycles. The van der Waals surface area contributed by atoms with Gasteiger partial charge in [0, 0.05) is 22.7 Å². The molecule has 4 aromatic rings. The number of carbonyl (C=O) groups is 1. The molecule has 1 amide bonds. The number of amides is 1. The van der Waals surface area contributed by atoms with Crippen molar-refractivity contribution in [1.82, 2.24) is 15.0 Å². The Kier molecular flexibility index (Phi) is 2.50. The highest BCUT2D eigenvalue weighted by molar-refractivity contribution is 5.98. The maximum absolute atomic E-state index is 10.7. The second kappa shape index (κ2) is 4.49. The lowest BCUT2D eigenvalue weighted by Gasteiger charge is -1.97. The van der Waals surface area contributed by atoms with Crippen molar-refractivity contribution in [2.45, 2.75) is 0 Å². The number of benzene rings is 2. The van der Waals surface area contributed by atoms with E-state index < -0.39 is 0 Å². The smallest absolute Gasteiger partial charge is 0.211 e. The van der Waals surface area contributed by atoms with Crippen molar-refractivity contribution in [3.63, 3.8) is 0 Å². The molecular weight excluding hydrogens is 264 g/mol. The molecule has 0 radical (unpaired) electrons. The molecule has 0 spiro atoms. The number of anilines is 1. The number of para-hydroxylation sites is 2. The molecule has 0 aliphatic carbocycles. The van der Waals surface area contributed by atoms with E-state index in [4.69, 9.17) is 0 Å². The summed E-state index contributed by atoms with van der Waals surface area (Å²) >= 11 is 0. The minimum Gasteiger partial charge on any atom is -0.360 e. The fraction of sp³-hybridized carbons (Fsp3) is 0. The van der Waals surface area contributed by atoms with Crippen molar-refractivity contribution < 1.29 is 4.79 Å². The molecule has 5 heteroatoms. The molecule has 0 saturated carbocycles. The molecule has 2 heterocycles. The van der Waals surface area contributed by atoms with Crippen LogP contribution in [0.15, 0.2) is 48.7 Å². The Balaban J connectivity index is 1.95. The predicted molar refractivity (Wildman–Crippen MR) is 83.1 cm³/mol. The summed E-state index contributed by atoms with van der Waals surface area (Å²) in [7, 11) is 0. The predicted octanol–water partition coefficient (Wildman–Crippen LogP) is 3.28. The van der Waals surface area contributed by atoms with Crippen LogP contribution in [0.3, 0.4) is 0 Å². The van der Waals surface area contributed by atoms with Crippen molar-refractivity contribution in [2.24, 2.45) is 0 Å². The number of aromatic nitrogens is 3. The number of nitrogens with zero attached hydrogens (tertiary/aromatic N) is 1. The summed E-state index contributed by atoms with van der Waals surface area (Å²) in [4.78, 5) is 21.8. The van der Waals surface area contributed by atoms with Crippen LogP contribution in [0.5, 0.6) is 0 Å². The highest BCUT2D eigenvalue weighted by atomic mass is 16.1. The number of aromatic amines is 2. The summed E-state index contributed by atoms with van der Waals surface area (Å²) in [6.45, 7) is 0. The van der Waals surface area contributed by atoms with Gasteiger partial charge < -0.3 is 15.3 Å². The SMILES string of the molecule is O=CNc1cccc2[nH]c(-c3c[nH]c4ccccc34)nc12. The maximum Gasteiger partial charge on any atom is 0.211 e. The Hall–Kier alpha value is -3.08. The first-order valence-electron chi connectivity index (χ1n) is 6.62. The Labute approximate surface area is 120 Å². The van der Waals surface area contributed by atoms with Gasteiger partial charge >= 0.3 is 0 Å². The second-order valence-electron chi connectivity index (χ2n) is 4.80. The molecule has 2 aromatic carbocycles. The Bertz CT molecular complexity index is 951. The van der Waals surface area contributed by atoms with Crippen LogP contribution in [-0.4, -0.2) is 21.4 Å². The van der Waals surface area contributed by atoms with Crippen LogP contribution in [0.4, 0.5) is 5.69 Å². The summed E-state index contributed by atoms with van der Waals surface area (Å²) in [5.74, 6) is 0.780. The quantitative estimate of drug-likeness (QED) is 0.502. The molecule has 0 unspecified atom stereocenters. The number of nitrogens with one attached hydrogen (secondary N) is 3. The molecular formula is C16H12N4O. The van der Waals surface area contributed by atoms with E-state index in [0.29, 0.717) is 12.1 Å². The Morgan fingerprint density at radius 1 is 1.05 bits per heavy atom. The van der Waals surface area contributed by atoms with Gasteiger partial charge in [-0.3, -0.25) is 4.79 Å². The maximum atomic E-state index is 10.7. The molecule has 0 atom stereocenters. The number of hydrogen-bond donors (Lipinski definition) is 3.